The number of aryl methyl sites for hydroxylation is 1. The molecular weight excluding hydrogens is 288 g/mol. The molecule has 0 aliphatic rings. The molecule has 0 spiro atoms. The predicted octanol–water partition coefficient (Wildman–Crippen LogP) is 4.51. The van der Waals surface area contributed by atoms with Crippen LogP contribution in [0, 0.1) is 0 Å². The zero-order valence-corrected chi connectivity index (χ0v) is 13.0. The molecule has 0 aliphatic carbocycles. The fourth-order valence-corrected chi connectivity index (χ4v) is 2.84. The van der Waals surface area contributed by atoms with E-state index < -0.39 is 0 Å². The number of hydrogen-bond donors (Lipinski definition) is 0. The lowest BCUT2D eigenvalue weighted by atomic mass is 10.1. The second-order valence-electron chi connectivity index (χ2n) is 5.46. The van der Waals surface area contributed by atoms with Crippen molar-refractivity contribution >= 4 is 10.9 Å². The molecule has 114 valence electrons. The monoisotopic (exact) mass is 304 g/mol. The van der Waals surface area contributed by atoms with E-state index in [1.807, 2.05) is 49.5 Å². The first-order chi connectivity index (χ1) is 11.3. The molecule has 2 aromatic carbocycles. The summed E-state index contributed by atoms with van der Waals surface area (Å²) in [5.41, 5.74) is 3.97. The number of hydrogen-bond acceptors (Lipinski definition) is 3. The summed E-state index contributed by atoms with van der Waals surface area (Å²) in [4.78, 5) is 0. The summed E-state index contributed by atoms with van der Waals surface area (Å²) < 4.78 is 12.9. The van der Waals surface area contributed by atoms with Crippen LogP contribution < -0.4 is 4.74 Å². The van der Waals surface area contributed by atoms with Gasteiger partial charge in [-0.3, -0.25) is 0 Å². The summed E-state index contributed by atoms with van der Waals surface area (Å²) in [6.07, 6.45) is 0. The summed E-state index contributed by atoms with van der Waals surface area (Å²) in [6, 6.07) is 20.1. The van der Waals surface area contributed by atoms with E-state index in [0.717, 1.165) is 28.5 Å². The SMILES string of the molecule is COc1cccc(-c2cc(-c3cc4ccccc4n3C)no2)c1. The van der Waals surface area contributed by atoms with Crippen LogP contribution in [0.2, 0.25) is 0 Å². The van der Waals surface area contributed by atoms with Crippen molar-refractivity contribution in [3.63, 3.8) is 0 Å². The van der Waals surface area contributed by atoms with Crippen LogP contribution in [-0.2, 0) is 7.05 Å². The highest BCUT2D eigenvalue weighted by Gasteiger charge is 2.13. The molecule has 0 aliphatic heterocycles. The third-order valence-electron chi connectivity index (χ3n) is 4.08. The summed E-state index contributed by atoms with van der Waals surface area (Å²) in [5.74, 6) is 1.52. The Balaban J connectivity index is 1.78. The molecule has 0 unspecified atom stereocenters. The Bertz CT molecular complexity index is 982. The molecule has 0 atom stereocenters. The first kappa shape index (κ1) is 13.6. The summed E-state index contributed by atoms with van der Waals surface area (Å²) in [6.45, 7) is 0. The largest absolute Gasteiger partial charge is 0.497 e. The first-order valence-electron chi connectivity index (χ1n) is 7.42. The van der Waals surface area contributed by atoms with Crippen molar-refractivity contribution in [2.45, 2.75) is 0 Å². The summed E-state index contributed by atoms with van der Waals surface area (Å²) in [7, 11) is 3.69. The lowest BCUT2D eigenvalue weighted by Crippen LogP contribution is -1.90. The number of ether oxygens (including phenoxy) is 1. The molecule has 0 amide bonds. The maximum absolute atomic E-state index is 5.54. The lowest BCUT2D eigenvalue weighted by Gasteiger charge is -2.00. The molecule has 4 aromatic rings. The van der Waals surface area contributed by atoms with Crippen LogP contribution in [-0.4, -0.2) is 16.8 Å². The minimum Gasteiger partial charge on any atom is -0.497 e. The molecule has 0 saturated carbocycles. The van der Waals surface area contributed by atoms with Crippen LogP contribution >= 0.6 is 0 Å². The molecule has 0 fully saturated rings. The number of para-hydroxylation sites is 1. The standard InChI is InChI=1S/C19H16N2O2/c1-21-17-9-4-3-6-13(17)11-18(21)16-12-19(23-20-16)14-7-5-8-15(10-14)22-2/h3-12H,1-2H3. The third kappa shape index (κ3) is 2.28. The maximum Gasteiger partial charge on any atom is 0.167 e. The average Bonchev–Trinajstić information content (AvgIpc) is 3.20. The van der Waals surface area contributed by atoms with Gasteiger partial charge in [0.25, 0.3) is 0 Å². The zero-order chi connectivity index (χ0) is 15.8. The van der Waals surface area contributed by atoms with E-state index in [0.29, 0.717) is 0 Å². The first-order valence-corrected chi connectivity index (χ1v) is 7.42. The van der Waals surface area contributed by atoms with Crippen molar-refractivity contribution in [3.05, 3.63) is 60.7 Å². The molecular formula is C19H16N2O2. The van der Waals surface area contributed by atoms with E-state index in [-0.39, 0.29) is 0 Å². The molecule has 23 heavy (non-hydrogen) atoms. The molecule has 4 rings (SSSR count). The zero-order valence-electron chi connectivity index (χ0n) is 13.0. The Labute approximate surface area is 133 Å². The van der Waals surface area contributed by atoms with Gasteiger partial charge in [-0.25, -0.2) is 0 Å². The van der Waals surface area contributed by atoms with Crippen LogP contribution in [0.3, 0.4) is 0 Å². The molecule has 4 nitrogen and oxygen atoms in total. The minimum atomic E-state index is 0.726. The number of methoxy groups -OCH3 is 1. The van der Waals surface area contributed by atoms with Crippen molar-refractivity contribution in [1.82, 2.24) is 9.72 Å². The van der Waals surface area contributed by atoms with E-state index in [1.165, 1.54) is 10.9 Å². The lowest BCUT2D eigenvalue weighted by molar-refractivity contribution is 0.413. The number of nitrogens with zero attached hydrogens (tertiary/aromatic N) is 2. The van der Waals surface area contributed by atoms with Crippen LogP contribution in [0.5, 0.6) is 5.75 Å². The molecule has 0 bridgehead atoms. The van der Waals surface area contributed by atoms with Gasteiger partial charge in [-0.2, -0.15) is 0 Å². The second-order valence-corrected chi connectivity index (χ2v) is 5.46. The Morgan fingerprint density at radius 2 is 1.87 bits per heavy atom. The highest BCUT2D eigenvalue weighted by atomic mass is 16.5. The summed E-state index contributed by atoms with van der Waals surface area (Å²) in [5, 5.41) is 5.43. The molecule has 0 N–H and O–H groups in total. The van der Waals surface area contributed by atoms with E-state index in [9.17, 15) is 0 Å². The Kier molecular flexibility index (Phi) is 3.15. The van der Waals surface area contributed by atoms with Gasteiger partial charge in [-0.15, -0.1) is 0 Å². The molecule has 2 heterocycles. The Morgan fingerprint density at radius 1 is 1.00 bits per heavy atom. The van der Waals surface area contributed by atoms with Gasteiger partial charge in [0.2, 0.25) is 0 Å². The highest BCUT2D eigenvalue weighted by molar-refractivity contribution is 5.86. The summed E-state index contributed by atoms with van der Waals surface area (Å²) >= 11 is 0. The van der Waals surface area contributed by atoms with Crippen molar-refractivity contribution in [1.29, 1.82) is 0 Å². The highest BCUT2D eigenvalue weighted by Crippen LogP contribution is 2.30. The molecule has 0 saturated heterocycles. The van der Waals surface area contributed by atoms with Gasteiger partial charge in [-0.05, 0) is 24.3 Å². The van der Waals surface area contributed by atoms with Crippen LogP contribution in [0.25, 0.3) is 33.6 Å². The quantitative estimate of drug-likeness (QED) is 0.559. The second kappa shape index (κ2) is 5.32. The van der Waals surface area contributed by atoms with E-state index >= 15 is 0 Å². The van der Waals surface area contributed by atoms with E-state index in [2.05, 4.69) is 27.9 Å². The Hall–Kier alpha value is -3.01. The number of rotatable bonds is 3. The third-order valence-corrected chi connectivity index (χ3v) is 4.08. The molecule has 4 heteroatoms. The van der Waals surface area contributed by atoms with Crippen LogP contribution in [0.15, 0.2) is 65.2 Å². The van der Waals surface area contributed by atoms with Gasteiger partial charge in [0.1, 0.15) is 11.4 Å². The molecule has 0 radical (unpaired) electrons. The topological polar surface area (TPSA) is 40.2 Å². The smallest absolute Gasteiger partial charge is 0.167 e. The number of fused-ring (bicyclic) bond motifs is 1. The van der Waals surface area contributed by atoms with E-state index in [4.69, 9.17) is 9.26 Å². The Morgan fingerprint density at radius 3 is 2.70 bits per heavy atom. The van der Waals surface area contributed by atoms with Gasteiger partial charge in [0.15, 0.2) is 5.76 Å². The molecule has 2 aromatic heterocycles. The van der Waals surface area contributed by atoms with Gasteiger partial charge >= 0.3 is 0 Å². The van der Waals surface area contributed by atoms with Crippen molar-refractivity contribution < 1.29 is 9.26 Å². The van der Waals surface area contributed by atoms with Gasteiger partial charge < -0.3 is 13.8 Å². The van der Waals surface area contributed by atoms with Crippen molar-refractivity contribution in [3.8, 4) is 28.5 Å². The van der Waals surface area contributed by atoms with E-state index in [1.54, 1.807) is 7.11 Å². The fourth-order valence-electron chi connectivity index (χ4n) is 2.84. The number of aromatic nitrogens is 2. The van der Waals surface area contributed by atoms with Crippen molar-refractivity contribution in [2.24, 2.45) is 7.05 Å². The van der Waals surface area contributed by atoms with Gasteiger partial charge in [-0.1, -0.05) is 35.5 Å². The maximum atomic E-state index is 5.54. The van der Waals surface area contributed by atoms with Crippen molar-refractivity contribution in [2.75, 3.05) is 7.11 Å². The normalized spacial score (nSPS) is 11.0. The number of benzene rings is 2. The van der Waals surface area contributed by atoms with Crippen LogP contribution in [0.1, 0.15) is 0 Å². The predicted molar refractivity (Wildman–Crippen MR) is 90.4 cm³/mol. The van der Waals surface area contributed by atoms with Gasteiger partial charge in [0, 0.05) is 29.6 Å². The van der Waals surface area contributed by atoms with Crippen LogP contribution in [0.4, 0.5) is 0 Å². The minimum absolute atomic E-state index is 0.726. The van der Waals surface area contributed by atoms with Gasteiger partial charge in [0.05, 0.1) is 12.8 Å². The average molecular weight is 304 g/mol. The fraction of sp³-hybridized carbons (Fsp3) is 0.105.